The van der Waals surface area contributed by atoms with Crippen molar-refractivity contribution < 1.29 is 9.47 Å². The van der Waals surface area contributed by atoms with Crippen LogP contribution in [-0.2, 0) is 4.74 Å². The number of rotatable bonds is 4. The molecule has 0 spiro atoms. The Morgan fingerprint density at radius 1 is 1.50 bits per heavy atom. The highest BCUT2D eigenvalue weighted by Gasteiger charge is 1.97. The Labute approximate surface area is 91.7 Å². The third-order valence-electron chi connectivity index (χ3n) is 1.64. The molecule has 0 saturated carbocycles. The molecule has 1 aromatic carbocycles. The number of ether oxygens (including phenoxy) is 2. The van der Waals surface area contributed by atoms with Crippen molar-refractivity contribution >= 4 is 21.8 Å². The molecule has 4 heteroatoms. The second-order valence-electron chi connectivity index (χ2n) is 2.68. The first-order chi connectivity index (χ1) is 6.72. The number of methoxy groups -OCH3 is 1. The van der Waals surface area contributed by atoms with Crippen molar-refractivity contribution in [1.29, 1.82) is 5.41 Å². The summed E-state index contributed by atoms with van der Waals surface area (Å²) in [6.07, 6.45) is 0.489. The summed E-state index contributed by atoms with van der Waals surface area (Å²) in [7, 11) is 1.49. The maximum atomic E-state index is 7.23. The first kappa shape index (κ1) is 11.0. The van der Waals surface area contributed by atoms with Crippen LogP contribution in [0, 0.1) is 5.41 Å². The third kappa shape index (κ3) is 3.79. The minimum absolute atomic E-state index is 0.236. The van der Waals surface area contributed by atoms with Crippen LogP contribution in [0.25, 0.3) is 0 Å². The van der Waals surface area contributed by atoms with E-state index in [1.807, 2.05) is 24.3 Å². The fourth-order valence-electron chi connectivity index (χ4n) is 0.920. The van der Waals surface area contributed by atoms with Crippen LogP contribution in [0.3, 0.4) is 0 Å². The van der Waals surface area contributed by atoms with Crippen LogP contribution in [-0.4, -0.2) is 19.6 Å². The average molecular weight is 258 g/mol. The highest BCUT2D eigenvalue weighted by atomic mass is 79.9. The van der Waals surface area contributed by atoms with Crippen molar-refractivity contribution in [3.05, 3.63) is 28.7 Å². The van der Waals surface area contributed by atoms with Gasteiger partial charge in [-0.3, -0.25) is 5.41 Å². The summed E-state index contributed by atoms with van der Waals surface area (Å²) in [5, 5.41) is 7.23. The minimum Gasteiger partial charge on any atom is -0.493 e. The molecule has 0 bridgehead atoms. The normalized spacial score (nSPS) is 9.57. The molecule has 14 heavy (non-hydrogen) atoms. The van der Waals surface area contributed by atoms with E-state index in [9.17, 15) is 0 Å². The summed E-state index contributed by atoms with van der Waals surface area (Å²) in [4.78, 5) is 0. The van der Waals surface area contributed by atoms with Crippen molar-refractivity contribution in [3.8, 4) is 5.75 Å². The Morgan fingerprint density at radius 3 is 2.93 bits per heavy atom. The van der Waals surface area contributed by atoms with Crippen LogP contribution in [0.1, 0.15) is 6.42 Å². The summed E-state index contributed by atoms with van der Waals surface area (Å²) in [5.41, 5.74) is 0. The van der Waals surface area contributed by atoms with E-state index in [0.717, 1.165) is 10.2 Å². The molecule has 0 fully saturated rings. The lowest BCUT2D eigenvalue weighted by Crippen LogP contribution is -2.06. The van der Waals surface area contributed by atoms with Crippen molar-refractivity contribution in [2.45, 2.75) is 6.42 Å². The smallest absolute Gasteiger partial charge is 0.183 e. The molecular formula is C10H12BrNO2. The largest absolute Gasteiger partial charge is 0.493 e. The van der Waals surface area contributed by atoms with Crippen LogP contribution in [0.5, 0.6) is 5.75 Å². The van der Waals surface area contributed by atoms with Crippen molar-refractivity contribution in [1.82, 2.24) is 0 Å². The summed E-state index contributed by atoms with van der Waals surface area (Å²) in [6.45, 7) is 0.461. The molecule has 0 radical (unpaired) electrons. The van der Waals surface area contributed by atoms with Gasteiger partial charge in [0.1, 0.15) is 5.75 Å². The summed E-state index contributed by atoms with van der Waals surface area (Å²) >= 11 is 3.35. The lowest BCUT2D eigenvalue weighted by molar-refractivity contribution is 0.307. The van der Waals surface area contributed by atoms with E-state index in [4.69, 9.17) is 14.9 Å². The van der Waals surface area contributed by atoms with Gasteiger partial charge in [0.05, 0.1) is 20.1 Å². The fourth-order valence-corrected chi connectivity index (χ4v) is 1.30. The Hall–Kier alpha value is -1.03. The van der Waals surface area contributed by atoms with E-state index in [1.54, 1.807) is 0 Å². The Balaban J connectivity index is 2.35. The minimum atomic E-state index is 0.236. The van der Waals surface area contributed by atoms with E-state index in [0.29, 0.717) is 13.0 Å². The number of hydrogen-bond donors (Lipinski definition) is 1. The maximum absolute atomic E-state index is 7.23. The zero-order valence-corrected chi connectivity index (χ0v) is 9.50. The van der Waals surface area contributed by atoms with Crippen molar-refractivity contribution in [2.24, 2.45) is 0 Å². The van der Waals surface area contributed by atoms with Gasteiger partial charge in [0.25, 0.3) is 0 Å². The van der Waals surface area contributed by atoms with Crippen LogP contribution < -0.4 is 4.74 Å². The lowest BCUT2D eigenvalue weighted by Gasteiger charge is -2.06. The molecule has 0 atom stereocenters. The molecule has 1 aromatic rings. The summed E-state index contributed by atoms with van der Waals surface area (Å²) < 4.78 is 11.1. The van der Waals surface area contributed by atoms with E-state index in [-0.39, 0.29) is 5.90 Å². The van der Waals surface area contributed by atoms with E-state index in [2.05, 4.69) is 15.9 Å². The van der Waals surface area contributed by atoms with E-state index >= 15 is 0 Å². The fraction of sp³-hybridized carbons (Fsp3) is 0.300. The molecule has 0 unspecified atom stereocenters. The summed E-state index contributed by atoms with van der Waals surface area (Å²) in [5.74, 6) is 1.03. The molecule has 76 valence electrons. The molecule has 0 heterocycles. The summed E-state index contributed by atoms with van der Waals surface area (Å²) in [6, 6.07) is 7.60. The molecule has 1 N–H and O–H groups in total. The monoisotopic (exact) mass is 257 g/mol. The number of benzene rings is 1. The number of nitrogens with one attached hydrogen (secondary N) is 1. The molecule has 1 rings (SSSR count). The van der Waals surface area contributed by atoms with Crippen LogP contribution in [0.15, 0.2) is 28.7 Å². The molecule has 0 saturated heterocycles. The molecule has 0 aliphatic heterocycles. The van der Waals surface area contributed by atoms with Crippen LogP contribution in [0.2, 0.25) is 0 Å². The van der Waals surface area contributed by atoms with Gasteiger partial charge >= 0.3 is 0 Å². The Kier molecular flexibility index (Phi) is 4.46. The van der Waals surface area contributed by atoms with Crippen LogP contribution >= 0.6 is 15.9 Å². The Morgan fingerprint density at radius 2 is 2.29 bits per heavy atom. The highest BCUT2D eigenvalue weighted by molar-refractivity contribution is 9.10. The first-order valence-electron chi connectivity index (χ1n) is 4.22. The number of hydrogen-bond acceptors (Lipinski definition) is 3. The number of halogens is 1. The van der Waals surface area contributed by atoms with Crippen molar-refractivity contribution in [3.63, 3.8) is 0 Å². The highest BCUT2D eigenvalue weighted by Crippen LogP contribution is 2.17. The maximum Gasteiger partial charge on any atom is 0.183 e. The van der Waals surface area contributed by atoms with Gasteiger partial charge in [-0.1, -0.05) is 22.0 Å². The SMILES string of the molecule is COC(=N)CCOc1cccc(Br)c1. The molecule has 0 aliphatic rings. The third-order valence-corrected chi connectivity index (χ3v) is 2.13. The quantitative estimate of drug-likeness (QED) is 0.666. The standard InChI is InChI=1S/C10H12BrNO2/c1-13-10(12)5-6-14-9-4-2-3-8(11)7-9/h2-4,7,12H,5-6H2,1H3. The predicted octanol–water partition coefficient (Wildman–Crippen LogP) is 2.84. The molecule has 0 amide bonds. The molecular weight excluding hydrogens is 246 g/mol. The molecule has 0 aliphatic carbocycles. The van der Waals surface area contributed by atoms with Gasteiger partial charge < -0.3 is 9.47 Å². The molecule has 0 aromatic heterocycles. The van der Waals surface area contributed by atoms with Gasteiger partial charge in [0.2, 0.25) is 0 Å². The average Bonchev–Trinajstić information content (AvgIpc) is 2.17. The lowest BCUT2D eigenvalue weighted by atomic mass is 10.3. The van der Waals surface area contributed by atoms with Gasteiger partial charge in [-0.05, 0) is 18.2 Å². The topological polar surface area (TPSA) is 42.3 Å². The van der Waals surface area contributed by atoms with Gasteiger partial charge in [0, 0.05) is 4.47 Å². The second kappa shape index (κ2) is 5.65. The van der Waals surface area contributed by atoms with Gasteiger partial charge in [0.15, 0.2) is 5.90 Å². The zero-order valence-electron chi connectivity index (χ0n) is 7.92. The second-order valence-corrected chi connectivity index (χ2v) is 3.60. The van der Waals surface area contributed by atoms with Gasteiger partial charge in [-0.25, -0.2) is 0 Å². The van der Waals surface area contributed by atoms with Crippen LogP contribution in [0.4, 0.5) is 0 Å². The predicted molar refractivity (Wildman–Crippen MR) is 59.0 cm³/mol. The zero-order chi connectivity index (χ0) is 10.4. The van der Waals surface area contributed by atoms with E-state index in [1.165, 1.54) is 7.11 Å². The molecule has 3 nitrogen and oxygen atoms in total. The Bertz CT molecular complexity index is 315. The van der Waals surface area contributed by atoms with Gasteiger partial charge in [-0.2, -0.15) is 0 Å². The van der Waals surface area contributed by atoms with Gasteiger partial charge in [-0.15, -0.1) is 0 Å². The van der Waals surface area contributed by atoms with E-state index < -0.39 is 0 Å². The first-order valence-corrected chi connectivity index (χ1v) is 5.01. The van der Waals surface area contributed by atoms with Crippen molar-refractivity contribution in [2.75, 3.05) is 13.7 Å².